The number of halogens is 2. The van der Waals surface area contributed by atoms with E-state index in [1.54, 1.807) is 31.2 Å². The van der Waals surface area contributed by atoms with Gasteiger partial charge in [0.05, 0.1) is 6.10 Å². The largest absolute Gasteiger partial charge is 0.389 e. The van der Waals surface area contributed by atoms with Crippen LogP contribution < -0.4 is 0 Å². The van der Waals surface area contributed by atoms with Gasteiger partial charge in [0, 0.05) is 14.8 Å². The molecule has 0 aromatic heterocycles. The molecule has 0 radical (unpaired) electrons. The lowest BCUT2D eigenvalue weighted by molar-refractivity contribution is 0.198. The molecule has 4 heteroatoms. The molecule has 0 amide bonds. The maximum absolute atomic E-state index is 13.8. The lowest BCUT2D eigenvalue weighted by atomic mass is 10.1. The van der Waals surface area contributed by atoms with Gasteiger partial charge in [0.25, 0.3) is 0 Å². The van der Waals surface area contributed by atoms with Gasteiger partial charge in [-0.3, -0.25) is 0 Å². The Morgan fingerprint density at radius 2 is 1.83 bits per heavy atom. The van der Waals surface area contributed by atoms with Crippen LogP contribution in [0.1, 0.15) is 18.6 Å². The minimum Gasteiger partial charge on any atom is -0.389 e. The molecule has 0 bridgehead atoms. The first-order chi connectivity index (χ1) is 8.56. The standard InChI is InChI=1S/C14H12ClFOS/c1-9(17)10-2-7-14(13(16)8-10)18-12-5-3-11(15)4-6-12/h2-9,17H,1H3/t9-/m1/s1. The third-order valence-corrected chi connectivity index (χ3v) is 3.79. The molecule has 0 unspecified atom stereocenters. The average Bonchev–Trinajstić information content (AvgIpc) is 2.34. The predicted molar refractivity (Wildman–Crippen MR) is 72.6 cm³/mol. The topological polar surface area (TPSA) is 20.2 Å². The summed E-state index contributed by atoms with van der Waals surface area (Å²) in [5.41, 5.74) is 0.577. The van der Waals surface area contributed by atoms with Crippen LogP contribution in [-0.2, 0) is 0 Å². The summed E-state index contributed by atoms with van der Waals surface area (Å²) in [6.45, 7) is 1.61. The summed E-state index contributed by atoms with van der Waals surface area (Å²) >= 11 is 7.12. The highest BCUT2D eigenvalue weighted by molar-refractivity contribution is 7.99. The van der Waals surface area contributed by atoms with Crippen LogP contribution in [0.4, 0.5) is 4.39 Å². The highest BCUT2D eigenvalue weighted by Gasteiger charge is 2.08. The van der Waals surface area contributed by atoms with Crippen molar-refractivity contribution in [3.8, 4) is 0 Å². The van der Waals surface area contributed by atoms with Gasteiger partial charge in [0.1, 0.15) is 5.82 Å². The van der Waals surface area contributed by atoms with Crippen molar-refractivity contribution in [2.75, 3.05) is 0 Å². The minimum absolute atomic E-state index is 0.326. The Hall–Kier alpha value is -1.03. The molecule has 0 spiro atoms. The van der Waals surface area contributed by atoms with Crippen LogP contribution in [0.5, 0.6) is 0 Å². The molecule has 2 aromatic carbocycles. The second kappa shape index (κ2) is 5.74. The van der Waals surface area contributed by atoms with E-state index in [9.17, 15) is 9.50 Å². The zero-order valence-corrected chi connectivity index (χ0v) is 11.3. The van der Waals surface area contributed by atoms with E-state index in [2.05, 4.69) is 0 Å². The summed E-state index contributed by atoms with van der Waals surface area (Å²) in [4.78, 5) is 1.45. The fourth-order valence-electron chi connectivity index (χ4n) is 1.49. The molecule has 0 aliphatic rings. The number of hydrogen-bond acceptors (Lipinski definition) is 2. The molecule has 0 aliphatic carbocycles. The van der Waals surface area contributed by atoms with E-state index in [4.69, 9.17) is 11.6 Å². The van der Waals surface area contributed by atoms with Gasteiger partial charge in [-0.1, -0.05) is 29.4 Å². The van der Waals surface area contributed by atoms with Crippen LogP contribution in [0.15, 0.2) is 52.3 Å². The molecule has 1 nitrogen and oxygen atoms in total. The van der Waals surface area contributed by atoms with Crippen LogP contribution in [0.25, 0.3) is 0 Å². The Labute approximate surface area is 115 Å². The first-order valence-corrected chi connectivity index (χ1v) is 6.66. The molecule has 0 fully saturated rings. The average molecular weight is 283 g/mol. The van der Waals surface area contributed by atoms with Gasteiger partial charge in [0.15, 0.2) is 0 Å². The predicted octanol–water partition coefficient (Wildman–Crippen LogP) is 4.68. The van der Waals surface area contributed by atoms with Gasteiger partial charge in [0.2, 0.25) is 0 Å². The summed E-state index contributed by atoms with van der Waals surface area (Å²) in [7, 11) is 0. The van der Waals surface area contributed by atoms with Gasteiger partial charge in [-0.15, -0.1) is 0 Å². The molecule has 0 saturated heterocycles. The molecule has 1 N–H and O–H groups in total. The molecule has 2 rings (SSSR count). The molecular weight excluding hydrogens is 271 g/mol. The third-order valence-electron chi connectivity index (χ3n) is 2.48. The van der Waals surface area contributed by atoms with Crippen molar-refractivity contribution < 1.29 is 9.50 Å². The number of aliphatic hydroxyl groups is 1. The lowest BCUT2D eigenvalue weighted by Gasteiger charge is -2.08. The van der Waals surface area contributed by atoms with Crippen LogP contribution in [0.3, 0.4) is 0 Å². The van der Waals surface area contributed by atoms with E-state index >= 15 is 0 Å². The van der Waals surface area contributed by atoms with Crippen molar-refractivity contribution in [1.82, 2.24) is 0 Å². The maximum atomic E-state index is 13.8. The van der Waals surface area contributed by atoms with Gasteiger partial charge in [-0.05, 0) is 48.9 Å². The fourth-order valence-corrected chi connectivity index (χ4v) is 2.43. The van der Waals surface area contributed by atoms with Crippen LogP contribution in [0, 0.1) is 5.82 Å². The van der Waals surface area contributed by atoms with E-state index in [0.29, 0.717) is 15.5 Å². The van der Waals surface area contributed by atoms with E-state index < -0.39 is 6.10 Å². The van der Waals surface area contributed by atoms with Gasteiger partial charge < -0.3 is 5.11 Å². The van der Waals surface area contributed by atoms with Gasteiger partial charge in [-0.25, -0.2) is 4.39 Å². The number of rotatable bonds is 3. The highest BCUT2D eigenvalue weighted by atomic mass is 35.5. The summed E-state index contributed by atoms with van der Waals surface area (Å²) in [5.74, 6) is -0.326. The molecule has 18 heavy (non-hydrogen) atoms. The first kappa shape index (κ1) is 13.4. The van der Waals surface area contributed by atoms with Crippen molar-refractivity contribution >= 4 is 23.4 Å². The molecular formula is C14H12ClFOS. The Balaban J connectivity index is 2.22. The van der Waals surface area contributed by atoms with Crippen molar-refractivity contribution in [2.24, 2.45) is 0 Å². The monoisotopic (exact) mass is 282 g/mol. The smallest absolute Gasteiger partial charge is 0.137 e. The minimum atomic E-state index is -0.658. The molecule has 94 valence electrons. The van der Waals surface area contributed by atoms with Gasteiger partial charge in [-0.2, -0.15) is 0 Å². The lowest BCUT2D eigenvalue weighted by Crippen LogP contribution is -1.92. The number of aliphatic hydroxyl groups excluding tert-OH is 1. The first-order valence-electron chi connectivity index (χ1n) is 5.47. The Morgan fingerprint density at radius 1 is 1.17 bits per heavy atom. The number of hydrogen-bond donors (Lipinski definition) is 1. The summed E-state index contributed by atoms with van der Waals surface area (Å²) in [5, 5.41) is 10.0. The normalized spacial score (nSPS) is 12.4. The Kier molecular flexibility index (Phi) is 4.27. The van der Waals surface area contributed by atoms with Crippen LogP contribution in [-0.4, -0.2) is 5.11 Å². The summed E-state index contributed by atoms with van der Waals surface area (Å²) in [6, 6.07) is 12.0. The summed E-state index contributed by atoms with van der Waals surface area (Å²) in [6.07, 6.45) is -0.658. The fraction of sp³-hybridized carbons (Fsp3) is 0.143. The second-order valence-electron chi connectivity index (χ2n) is 3.92. The molecule has 2 aromatic rings. The zero-order chi connectivity index (χ0) is 13.1. The van der Waals surface area contributed by atoms with E-state index in [1.807, 2.05) is 12.1 Å². The maximum Gasteiger partial charge on any atom is 0.137 e. The van der Waals surface area contributed by atoms with Crippen molar-refractivity contribution in [3.63, 3.8) is 0 Å². The van der Waals surface area contributed by atoms with Crippen molar-refractivity contribution in [1.29, 1.82) is 0 Å². The van der Waals surface area contributed by atoms with E-state index in [0.717, 1.165) is 4.90 Å². The highest BCUT2D eigenvalue weighted by Crippen LogP contribution is 2.31. The van der Waals surface area contributed by atoms with Crippen molar-refractivity contribution in [3.05, 3.63) is 58.9 Å². The second-order valence-corrected chi connectivity index (χ2v) is 5.47. The SMILES string of the molecule is C[C@@H](O)c1ccc(Sc2ccc(Cl)cc2)c(F)c1. The molecule has 1 atom stereocenters. The quantitative estimate of drug-likeness (QED) is 0.882. The Morgan fingerprint density at radius 3 is 2.39 bits per heavy atom. The molecule has 0 saturated carbocycles. The van der Waals surface area contributed by atoms with Crippen LogP contribution >= 0.6 is 23.4 Å². The molecule has 0 heterocycles. The van der Waals surface area contributed by atoms with E-state index in [1.165, 1.54) is 17.8 Å². The van der Waals surface area contributed by atoms with Crippen LogP contribution in [0.2, 0.25) is 5.02 Å². The summed E-state index contributed by atoms with van der Waals surface area (Å²) < 4.78 is 13.8. The van der Waals surface area contributed by atoms with E-state index in [-0.39, 0.29) is 5.82 Å². The zero-order valence-electron chi connectivity index (χ0n) is 9.73. The third kappa shape index (κ3) is 3.25. The van der Waals surface area contributed by atoms with Crippen molar-refractivity contribution in [2.45, 2.75) is 22.8 Å². The number of benzene rings is 2. The van der Waals surface area contributed by atoms with Gasteiger partial charge >= 0.3 is 0 Å². The molecule has 0 aliphatic heterocycles. The Bertz CT molecular complexity index is 540.